The predicted octanol–water partition coefficient (Wildman–Crippen LogP) is 2.25. The van der Waals surface area contributed by atoms with E-state index in [1.807, 2.05) is 24.3 Å². The Morgan fingerprint density at radius 3 is 2.81 bits per heavy atom. The van der Waals surface area contributed by atoms with E-state index in [0.29, 0.717) is 6.54 Å². The van der Waals surface area contributed by atoms with Gasteiger partial charge in [-0.15, -0.1) is 0 Å². The van der Waals surface area contributed by atoms with E-state index in [-0.39, 0.29) is 17.2 Å². The molecule has 0 aliphatic heterocycles. The predicted molar refractivity (Wildman–Crippen MR) is 82.4 cm³/mol. The smallest absolute Gasteiger partial charge is 0.225 e. The van der Waals surface area contributed by atoms with E-state index >= 15 is 0 Å². The summed E-state index contributed by atoms with van der Waals surface area (Å²) in [6, 6.07) is 7.90. The number of aliphatic hydroxyl groups is 1. The number of hydrogen-bond acceptors (Lipinski definition) is 3. The average molecular weight is 291 g/mol. The third kappa shape index (κ3) is 3.76. The van der Waals surface area contributed by atoms with Crippen LogP contribution in [0.2, 0.25) is 0 Å². The highest BCUT2D eigenvalue weighted by molar-refractivity contribution is 5.79. The topological polar surface area (TPSA) is 58.6 Å². The van der Waals surface area contributed by atoms with E-state index in [4.69, 9.17) is 4.74 Å². The van der Waals surface area contributed by atoms with Crippen molar-refractivity contribution in [1.29, 1.82) is 0 Å². The number of carbonyl (C=O) groups excluding carboxylic acids is 1. The quantitative estimate of drug-likeness (QED) is 0.875. The molecule has 2 atom stereocenters. The first kappa shape index (κ1) is 15.8. The monoisotopic (exact) mass is 291 g/mol. The molecule has 1 aromatic rings. The number of aliphatic hydroxyl groups excluding tert-OH is 1. The zero-order chi connectivity index (χ0) is 15.5. The van der Waals surface area contributed by atoms with Crippen LogP contribution in [0.4, 0.5) is 0 Å². The molecule has 0 saturated heterocycles. The molecule has 21 heavy (non-hydrogen) atoms. The highest BCUT2D eigenvalue weighted by Crippen LogP contribution is 2.28. The summed E-state index contributed by atoms with van der Waals surface area (Å²) >= 11 is 0. The molecule has 1 saturated carbocycles. The fourth-order valence-electron chi connectivity index (χ4n) is 2.83. The van der Waals surface area contributed by atoms with Gasteiger partial charge in [-0.05, 0) is 37.0 Å². The Hall–Kier alpha value is -1.55. The lowest BCUT2D eigenvalue weighted by Crippen LogP contribution is -2.41. The van der Waals surface area contributed by atoms with Crippen LogP contribution in [0, 0.1) is 5.92 Å². The van der Waals surface area contributed by atoms with Crippen molar-refractivity contribution < 1.29 is 14.6 Å². The lowest BCUT2D eigenvalue weighted by atomic mass is 9.84. The molecule has 0 radical (unpaired) electrons. The van der Waals surface area contributed by atoms with Gasteiger partial charge in [0.2, 0.25) is 5.91 Å². The Kier molecular flexibility index (Phi) is 4.88. The van der Waals surface area contributed by atoms with Crippen LogP contribution < -0.4 is 10.1 Å². The van der Waals surface area contributed by atoms with Crippen LogP contribution in [-0.4, -0.2) is 30.8 Å². The second-order valence-corrected chi connectivity index (χ2v) is 6.44. The molecular formula is C17H25NO3. The summed E-state index contributed by atoms with van der Waals surface area (Å²) in [5.74, 6) is 0.542. The second-order valence-electron chi connectivity index (χ2n) is 6.44. The Morgan fingerprint density at radius 1 is 1.43 bits per heavy atom. The molecule has 1 fully saturated rings. The molecule has 2 N–H and O–H groups in total. The Morgan fingerprint density at radius 2 is 2.19 bits per heavy atom. The van der Waals surface area contributed by atoms with Crippen LogP contribution in [-0.2, 0) is 10.2 Å². The minimum atomic E-state index is -0.482. The number of rotatable bonds is 5. The van der Waals surface area contributed by atoms with Gasteiger partial charge in [0.1, 0.15) is 5.75 Å². The molecule has 1 amide bonds. The largest absolute Gasteiger partial charge is 0.497 e. The fourth-order valence-corrected chi connectivity index (χ4v) is 2.83. The molecule has 4 nitrogen and oxygen atoms in total. The lowest BCUT2D eigenvalue weighted by molar-refractivity contribution is -0.127. The molecule has 1 aromatic carbocycles. The van der Waals surface area contributed by atoms with Crippen LogP contribution in [0.3, 0.4) is 0 Å². The van der Waals surface area contributed by atoms with Crippen LogP contribution >= 0.6 is 0 Å². The van der Waals surface area contributed by atoms with Gasteiger partial charge in [0.15, 0.2) is 0 Å². The summed E-state index contributed by atoms with van der Waals surface area (Å²) in [6.07, 6.45) is 1.97. The zero-order valence-corrected chi connectivity index (χ0v) is 13.1. The molecule has 1 aliphatic rings. The summed E-state index contributed by atoms with van der Waals surface area (Å²) in [5, 5.41) is 12.8. The summed E-state index contributed by atoms with van der Waals surface area (Å²) in [4.78, 5) is 12.2. The normalized spacial score (nSPS) is 22.1. The minimum Gasteiger partial charge on any atom is -0.497 e. The van der Waals surface area contributed by atoms with Crippen molar-refractivity contribution in [2.75, 3.05) is 13.7 Å². The number of amides is 1. The summed E-state index contributed by atoms with van der Waals surface area (Å²) in [6.45, 7) is 4.72. The number of methoxy groups -OCH3 is 1. The fraction of sp³-hybridized carbons (Fsp3) is 0.588. The van der Waals surface area contributed by atoms with Gasteiger partial charge in [-0.25, -0.2) is 0 Å². The van der Waals surface area contributed by atoms with E-state index in [1.54, 1.807) is 7.11 Å². The first-order valence-electron chi connectivity index (χ1n) is 7.54. The summed E-state index contributed by atoms with van der Waals surface area (Å²) < 4.78 is 5.25. The van der Waals surface area contributed by atoms with E-state index in [1.165, 1.54) is 0 Å². The van der Waals surface area contributed by atoms with Gasteiger partial charge in [0.25, 0.3) is 0 Å². The van der Waals surface area contributed by atoms with E-state index in [2.05, 4.69) is 19.2 Å². The molecule has 116 valence electrons. The minimum absolute atomic E-state index is 0.0315. The van der Waals surface area contributed by atoms with Crippen molar-refractivity contribution in [3.63, 3.8) is 0 Å². The van der Waals surface area contributed by atoms with Gasteiger partial charge in [-0.1, -0.05) is 26.0 Å². The van der Waals surface area contributed by atoms with E-state index < -0.39 is 6.10 Å². The van der Waals surface area contributed by atoms with Gasteiger partial charge in [0, 0.05) is 12.0 Å². The molecule has 0 spiro atoms. The van der Waals surface area contributed by atoms with Gasteiger partial charge >= 0.3 is 0 Å². The molecule has 2 rings (SSSR count). The summed E-state index contributed by atoms with van der Waals surface area (Å²) in [5.41, 5.74) is 0.933. The lowest BCUT2D eigenvalue weighted by Gasteiger charge is -2.27. The highest BCUT2D eigenvalue weighted by Gasteiger charge is 2.32. The molecular weight excluding hydrogens is 266 g/mol. The third-order valence-corrected chi connectivity index (χ3v) is 4.37. The van der Waals surface area contributed by atoms with Crippen molar-refractivity contribution in [3.8, 4) is 5.75 Å². The van der Waals surface area contributed by atoms with Crippen molar-refractivity contribution in [3.05, 3.63) is 29.8 Å². The van der Waals surface area contributed by atoms with Crippen molar-refractivity contribution in [1.82, 2.24) is 5.32 Å². The molecule has 0 heterocycles. The molecule has 0 bridgehead atoms. The molecule has 1 aliphatic carbocycles. The van der Waals surface area contributed by atoms with Crippen LogP contribution in [0.1, 0.15) is 38.7 Å². The maximum atomic E-state index is 12.2. The van der Waals surface area contributed by atoms with E-state index in [9.17, 15) is 9.90 Å². The second kappa shape index (κ2) is 6.48. The number of nitrogens with one attached hydrogen (secondary N) is 1. The van der Waals surface area contributed by atoms with Crippen molar-refractivity contribution in [2.24, 2.45) is 5.92 Å². The maximum absolute atomic E-state index is 12.2. The Balaban J connectivity index is 1.98. The SMILES string of the molecule is COc1cccc(C(C)(C)CNC(=O)C2CCCC2O)c1. The molecule has 4 heteroatoms. The van der Waals surface area contributed by atoms with Crippen molar-refractivity contribution in [2.45, 2.75) is 44.6 Å². The molecule has 2 unspecified atom stereocenters. The first-order chi connectivity index (χ1) is 9.94. The Bertz CT molecular complexity index is 499. The van der Waals surface area contributed by atoms with Crippen LogP contribution in [0.15, 0.2) is 24.3 Å². The number of ether oxygens (including phenoxy) is 1. The zero-order valence-electron chi connectivity index (χ0n) is 13.1. The standard InChI is InChI=1S/C17H25NO3/c1-17(2,12-6-4-7-13(10-12)21-3)11-18-16(20)14-8-5-9-15(14)19/h4,6-7,10,14-15,19H,5,8-9,11H2,1-3H3,(H,18,20). The maximum Gasteiger partial charge on any atom is 0.225 e. The molecule has 0 aromatic heterocycles. The van der Waals surface area contributed by atoms with Crippen molar-refractivity contribution >= 4 is 5.91 Å². The number of benzene rings is 1. The highest BCUT2D eigenvalue weighted by atomic mass is 16.5. The first-order valence-corrected chi connectivity index (χ1v) is 7.54. The summed E-state index contributed by atoms with van der Waals surface area (Å²) in [7, 11) is 1.65. The third-order valence-electron chi connectivity index (χ3n) is 4.37. The van der Waals surface area contributed by atoms with Gasteiger partial charge in [-0.3, -0.25) is 4.79 Å². The average Bonchev–Trinajstić information content (AvgIpc) is 2.91. The van der Waals surface area contributed by atoms with Crippen LogP contribution in [0.25, 0.3) is 0 Å². The number of carbonyl (C=O) groups is 1. The van der Waals surface area contributed by atoms with Gasteiger partial charge < -0.3 is 15.2 Å². The van der Waals surface area contributed by atoms with Crippen LogP contribution in [0.5, 0.6) is 5.75 Å². The Labute approximate surface area is 126 Å². The van der Waals surface area contributed by atoms with E-state index in [0.717, 1.165) is 30.6 Å². The van der Waals surface area contributed by atoms with Gasteiger partial charge in [-0.2, -0.15) is 0 Å². The number of hydrogen-bond donors (Lipinski definition) is 2. The van der Waals surface area contributed by atoms with Gasteiger partial charge in [0.05, 0.1) is 19.1 Å².